The highest BCUT2D eigenvalue weighted by Gasteiger charge is 2.40. The van der Waals surface area contributed by atoms with Crippen LogP contribution < -0.4 is 5.32 Å². The van der Waals surface area contributed by atoms with Crippen LogP contribution in [0.15, 0.2) is 42.7 Å². The molecular weight excluding hydrogens is 405 g/mol. The summed E-state index contributed by atoms with van der Waals surface area (Å²) in [5, 5.41) is 19.2. The minimum Gasteiger partial charge on any atom is -0.366 e. The summed E-state index contributed by atoms with van der Waals surface area (Å²) in [6.45, 7) is 3.01. The Bertz CT molecular complexity index is 1050. The van der Waals surface area contributed by atoms with Gasteiger partial charge in [0.05, 0.1) is 11.9 Å². The number of halogens is 3. The summed E-state index contributed by atoms with van der Waals surface area (Å²) in [5.74, 6) is -1.40. The van der Waals surface area contributed by atoms with E-state index in [0.717, 1.165) is 38.5 Å². The summed E-state index contributed by atoms with van der Waals surface area (Å²) in [7, 11) is 0. The molecule has 1 N–H and O–H groups in total. The second kappa shape index (κ2) is 8.22. The van der Waals surface area contributed by atoms with Crippen LogP contribution in [0.5, 0.6) is 0 Å². The minimum absolute atomic E-state index is 0.0889. The van der Waals surface area contributed by atoms with E-state index >= 15 is 0 Å². The van der Waals surface area contributed by atoms with Gasteiger partial charge in [-0.25, -0.2) is 13.2 Å². The number of nitrogens with zero attached hydrogens (tertiary/aromatic N) is 5. The van der Waals surface area contributed by atoms with E-state index in [9.17, 15) is 13.2 Å². The van der Waals surface area contributed by atoms with Crippen molar-refractivity contribution in [2.75, 3.05) is 18.4 Å². The van der Waals surface area contributed by atoms with Crippen molar-refractivity contribution in [3.05, 3.63) is 65.7 Å². The van der Waals surface area contributed by atoms with E-state index in [0.29, 0.717) is 29.8 Å². The first-order valence-electron chi connectivity index (χ1n) is 10.3. The Morgan fingerprint density at radius 1 is 0.968 bits per heavy atom. The van der Waals surface area contributed by atoms with Gasteiger partial charge in [0.2, 0.25) is 0 Å². The number of nitrogens with one attached hydrogen (secondary N) is 1. The molecule has 2 aliphatic rings. The first-order chi connectivity index (χ1) is 15.0. The zero-order valence-electron chi connectivity index (χ0n) is 16.7. The second-order valence-electron chi connectivity index (χ2n) is 8.33. The van der Waals surface area contributed by atoms with Crippen molar-refractivity contribution in [2.45, 2.75) is 25.4 Å². The fourth-order valence-corrected chi connectivity index (χ4v) is 4.82. The number of rotatable bonds is 5. The van der Waals surface area contributed by atoms with Crippen LogP contribution in [0.4, 0.5) is 19.0 Å². The molecule has 0 radical (unpaired) electrons. The Labute approximate surface area is 177 Å². The molecule has 5 rings (SSSR count). The van der Waals surface area contributed by atoms with Crippen molar-refractivity contribution in [1.82, 2.24) is 25.3 Å². The SMILES string of the molecule is Fc1cc(F)c(F)c(-c2ccc(N[C@@H]3C[C@@H]4CN(Cc5ccnnc5)C[C@@H]4C3)nn2)c1. The highest BCUT2D eigenvalue weighted by atomic mass is 19.2. The van der Waals surface area contributed by atoms with Crippen molar-refractivity contribution in [3.63, 3.8) is 0 Å². The van der Waals surface area contributed by atoms with Gasteiger partial charge in [-0.3, -0.25) is 4.90 Å². The van der Waals surface area contributed by atoms with E-state index in [2.05, 4.69) is 30.6 Å². The highest BCUT2D eigenvalue weighted by Crippen LogP contribution is 2.39. The van der Waals surface area contributed by atoms with E-state index in [1.165, 1.54) is 11.6 Å². The van der Waals surface area contributed by atoms with Crippen LogP contribution in [0.2, 0.25) is 0 Å². The van der Waals surface area contributed by atoms with Gasteiger partial charge in [-0.15, -0.1) is 10.2 Å². The Balaban J connectivity index is 1.18. The van der Waals surface area contributed by atoms with Gasteiger partial charge in [-0.1, -0.05) is 0 Å². The second-order valence-corrected chi connectivity index (χ2v) is 8.33. The van der Waals surface area contributed by atoms with Gasteiger partial charge < -0.3 is 5.32 Å². The van der Waals surface area contributed by atoms with Crippen LogP contribution in [-0.4, -0.2) is 44.4 Å². The van der Waals surface area contributed by atoms with Crippen LogP contribution in [0.3, 0.4) is 0 Å². The largest absolute Gasteiger partial charge is 0.366 e. The molecule has 0 spiro atoms. The van der Waals surface area contributed by atoms with Crippen molar-refractivity contribution < 1.29 is 13.2 Å². The average molecular weight is 426 g/mol. The molecule has 0 bridgehead atoms. The molecule has 0 amide bonds. The van der Waals surface area contributed by atoms with Crippen molar-refractivity contribution in [1.29, 1.82) is 0 Å². The van der Waals surface area contributed by atoms with E-state index < -0.39 is 17.5 Å². The van der Waals surface area contributed by atoms with Crippen molar-refractivity contribution in [3.8, 4) is 11.3 Å². The van der Waals surface area contributed by atoms with Crippen LogP contribution in [0.25, 0.3) is 11.3 Å². The van der Waals surface area contributed by atoms with Crippen LogP contribution in [-0.2, 0) is 6.54 Å². The number of likely N-dealkylation sites (tertiary alicyclic amines) is 1. The van der Waals surface area contributed by atoms with Gasteiger partial charge >= 0.3 is 0 Å². The van der Waals surface area contributed by atoms with Gasteiger partial charge in [0.15, 0.2) is 11.6 Å². The summed E-state index contributed by atoms with van der Waals surface area (Å²) in [6, 6.07) is 6.91. The van der Waals surface area contributed by atoms with E-state index in [-0.39, 0.29) is 11.3 Å². The van der Waals surface area contributed by atoms with Gasteiger partial charge in [0, 0.05) is 43.5 Å². The number of fused-ring (bicyclic) bond motifs is 1. The Hall–Kier alpha value is -3.07. The van der Waals surface area contributed by atoms with Crippen molar-refractivity contribution in [2.24, 2.45) is 11.8 Å². The van der Waals surface area contributed by atoms with E-state index in [4.69, 9.17) is 0 Å². The molecule has 1 aliphatic carbocycles. The molecule has 3 aromatic rings. The molecule has 2 aromatic heterocycles. The van der Waals surface area contributed by atoms with Gasteiger partial charge in [0.1, 0.15) is 11.6 Å². The topological polar surface area (TPSA) is 66.8 Å². The Kier molecular flexibility index (Phi) is 5.27. The lowest BCUT2D eigenvalue weighted by atomic mass is 10.0. The number of hydrogen-bond donors (Lipinski definition) is 1. The zero-order chi connectivity index (χ0) is 21.4. The molecule has 1 saturated carbocycles. The molecule has 9 heteroatoms. The Morgan fingerprint density at radius 2 is 1.77 bits per heavy atom. The summed E-state index contributed by atoms with van der Waals surface area (Å²) in [5.41, 5.74) is 1.03. The van der Waals surface area contributed by atoms with Gasteiger partial charge in [0.25, 0.3) is 0 Å². The molecule has 1 aromatic carbocycles. The molecule has 0 unspecified atom stereocenters. The standard InChI is InChI=1S/C22H21F3N6/c23-16-7-18(22(25)19(24)8-16)20-1-2-21(30-29-20)28-17-5-14-11-31(12-15(14)6-17)10-13-3-4-26-27-9-13/h1-4,7-9,14-15,17H,5-6,10-12H2,(H,28,30)/t14-,15+,17-. The van der Waals surface area contributed by atoms with Crippen LogP contribution in [0.1, 0.15) is 18.4 Å². The van der Waals surface area contributed by atoms with E-state index in [1.807, 2.05) is 12.3 Å². The third-order valence-corrected chi connectivity index (χ3v) is 6.16. The lowest BCUT2D eigenvalue weighted by Gasteiger charge is -2.19. The molecule has 31 heavy (non-hydrogen) atoms. The van der Waals surface area contributed by atoms with E-state index in [1.54, 1.807) is 12.3 Å². The fourth-order valence-electron chi connectivity index (χ4n) is 4.82. The minimum atomic E-state index is -1.24. The fraction of sp³-hybridized carbons (Fsp3) is 0.364. The summed E-state index contributed by atoms with van der Waals surface area (Å²) in [6.07, 6.45) is 5.62. The number of benzene rings is 1. The predicted molar refractivity (Wildman–Crippen MR) is 108 cm³/mol. The maximum Gasteiger partial charge on any atom is 0.168 e. The van der Waals surface area contributed by atoms with Gasteiger partial charge in [-0.05, 0) is 54.5 Å². The molecule has 160 valence electrons. The number of anilines is 1. The van der Waals surface area contributed by atoms with Gasteiger partial charge in [-0.2, -0.15) is 10.2 Å². The predicted octanol–water partition coefficient (Wildman–Crippen LogP) is 3.67. The number of aromatic nitrogens is 4. The monoisotopic (exact) mass is 426 g/mol. The third-order valence-electron chi connectivity index (χ3n) is 6.16. The molecule has 6 nitrogen and oxygen atoms in total. The molecule has 2 fully saturated rings. The van der Waals surface area contributed by atoms with Crippen molar-refractivity contribution >= 4 is 5.82 Å². The highest BCUT2D eigenvalue weighted by molar-refractivity contribution is 5.60. The smallest absolute Gasteiger partial charge is 0.168 e. The number of hydrogen-bond acceptors (Lipinski definition) is 6. The summed E-state index contributed by atoms with van der Waals surface area (Å²) >= 11 is 0. The lowest BCUT2D eigenvalue weighted by Crippen LogP contribution is -2.25. The summed E-state index contributed by atoms with van der Waals surface area (Å²) < 4.78 is 40.8. The maximum absolute atomic E-state index is 14.0. The quantitative estimate of drug-likeness (QED) is 0.628. The first-order valence-corrected chi connectivity index (χ1v) is 10.3. The first kappa shape index (κ1) is 19.9. The lowest BCUT2D eigenvalue weighted by molar-refractivity contribution is 0.300. The normalized spacial score (nSPS) is 23.1. The molecule has 3 atom stereocenters. The zero-order valence-corrected chi connectivity index (χ0v) is 16.7. The molecule has 1 aliphatic heterocycles. The summed E-state index contributed by atoms with van der Waals surface area (Å²) in [4.78, 5) is 2.46. The molecular formula is C22H21F3N6. The molecule has 1 saturated heterocycles. The average Bonchev–Trinajstić information content (AvgIpc) is 3.30. The Morgan fingerprint density at radius 3 is 2.45 bits per heavy atom. The maximum atomic E-state index is 14.0. The molecule has 3 heterocycles. The van der Waals surface area contributed by atoms with Crippen LogP contribution >= 0.6 is 0 Å². The third kappa shape index (κ3) is 4.23. The van der Waals surface area contributed by atoms with Crippen LogP contribution in [0, 0.1) is 29.3 Å².